The zero-order valence-electron chi connectivity index (χ0n) is 12.5. The Labute approximate surface area is 125 Å². The second-order valence-electron chi connectivity index (χ2n) is 5.44. The zero-order valence-corrected chi connectivity index (χ0v) is 12.5. The summed E-state index contributed by atoms with van der Waals surface area (Å²) < 4.78 is 11.2. The fourth-order valence-electron chi connectivity index (χ4n) is 2.82. The van der Waals surface area contributed by atoms with Crippen molar-refractivity contribution in [3.63, 3.8) is 0 Å². The first-order valence-corrected chi connectivity index (χ1v) is 7.63. The van der Waals surface area contributed by atoms with E-state index in [1.54, 1.807) is 0 Å². The molecule has 0 unspecified atom stereocenters. The summed E-state index contributed by atoms with van der Waals surface area (Å²) in [6.07, 6.45) is 0. The summed E-state index contributed by atoms with van der Waals surface area (Å²) in [4.78, 5) is 16.2. The van der Waals surface area contributed by atoms with Crippen LogP contribution in [0, 0.1) is 0 Å². The van der Waals surface area contributed by atoms with E-state index in [-0.39, 0.29) is 5.91 Å². The highest BCUT2D eigenvalue weighted by Gasteiger charge is 2.26. The lowest BCUT2D eigenvalue weighted by Gasteiger charge is -2.26. The molecule has 0 bridgehead atoms. The lowest BCUT2D eigenvalue weighted by molar-refractivity contribution is 0.0322. The predicted molar refractivity (Wildman–Crippen MR) is 79.6 cm³/mol. The highest BCUT2D eigenvalue weighted by molar-refractivity contribution is 5.98. The van der Waals surface area contributed by atoms with Gasteiger partial charge in [-0.2, -0.15) is 0 Å². The van der Waals surface area contributed by atoms with E-state index in [1.165, 1.54) is 0 Å². The van der Waals surface area contributed by atoms with Gasteiger partial charge in [0.15, 0.2) is 0 Å². The molecule has 0 aliphatic carbocycles. The van der Waals surface area contributed by atoms with Crippen molar-refractivity contribution >= 4 is 5.91 Å². The molecule has 0 spiro atoms. The minimum atomic E-state index is 0.132. The van der Waals surface area contributed by atoms with Crippen LogP contribution in [-0.4, -0.2) is 61.7 Å². The van der Waals surface area contributed by atoms with Gasteiger partial charge in [-0.25, -0.2) is 0 Å². The topological polar surface area (TPSA) is 42.0 Å². The molecule has 0 aromatic heterocycles. The molecule has 5 nitrogen and oxygen atoms in total. The molecule has 1 aromatic rings. The molecule has 114 valence electrons. The summed E-state index contributed by atoms with van der Waals surface area (Å²) in [7, 11) is 0. The SMILES string of the molecule is CCN1Cc2cc(OCCN3CCOCC3)ccc2C1=O. The summed E-state index contributed by atoms with van der Waals surface area (Å²) in [5.74, 6) is 0.986. The number of amides is 1. The van der Waals surface area contributed by atoms with Gasteiger partial charge in [0.25, 0.3) is 5.91 Å². The number of carbonyl (C=O) groups is 1. The largest absolute Gasteiger partial charge is 0.492 e. The number of morpholine rings is 1. The maximum atomic E-state index is 12.0. The Morgan fingerprint density at radius 1 is 1.29 bits per heavy atom. The van der Waals surface area contributed by atoms with Crippen molar-refractivity contribution in [3.05, 3.63) is 29.3 Å². The van der Waals surface area contributed by atoms with Gasteiger partial charge in [-0.15, -0.1) is 0 Å². The molecule has 0 atom stereocenters. The summed E-state index contributed by atoms with van der Waals surface area (Å²) in [5, 5.41) is 0. The van der Waals surface area contributed by atoms with Gasteiger partial charge in [0.05, 0.1) is 13.2 Å². The van der Waals surface area contributed by atoms with Gasteiger partial charge in [-0.1, -0.05) is 0 Å². The first-order valence-electron chi connectivity index (χ1n) is 7.63. The average molecular weight is 290 g/mol. The molecule has 21 heavy (non-hydrogen) atoms. The standard InChI is InChI=1S/C16H22N2O3/c1-2-18-12-13-11-14(3-4-15(13)16(18)19)21-10-7-17-5-8-20-9-6-17/h3-4,11H,2,5-10,12H2,1H3. The number of rotatable bonds is 5. The Bertz CT molecular complexity index is 512. The van der Waals surface area contributed by atoms with Crippen LogP contribution in [0.2, 0.25) is 0 Å². The normalized spacial score (nSPS) is 18.9. The number of nitrogens with zero attached hydrogens (tertiary/aromatic N) is 2. The minimum absolute atomic E-state index is 0.132. The Morgan fingerprint density at radius 3 is 2.86 bits per heavy atom. The number of fused-ring (bicyclic) bond motifs is 1. The van der Waals surface area contributed by atoms with E-state index < -0.39 is 0 Å². The van der Waals surface area contributed by atoms with Crippen molar-refractivity contribution in [1.82, 2.24) is 9.80 Å². The van der Waals surface area contributed by atoms with Gasteiger partial charge in [0.2, 0.25) is 0 Å². The first kappa shape index (κ1) is 14.4. The van der Waals surface area contributed by atoms with Crippen LogP contribution in [-0.2, 0) is 11.3 Å². The average Bonchev–Trinajstić information content (AvgIpc) is 2.84. The molecular formula is C16H22N2O3. The van der Waals surface area contributed by atoms with Gasteiger partial charge >= 0.3 is 0 Å². The smallest absolute Gasteiger partial charge is 0.254 e. The Morgan fingerprint density at radius 2 is 2.10 bits per heavy atom. The molecule has 1 fully saturated rings. The lowest BCUT2D eigenvalue weighted by Crippen LogP contribution is -2.38. The van der Waals surface area contributed by atoms with E-state index in [2.05, 4.69) is 4.90 Å². The third kappa shape index (κ3) is 3.19. The summed E-state index contributed by atoms with van der Waals surface area (Å²) >= 11 is 0. The van der Waals surface area contributed by atoms with E-state index in [0.29, 0.717) is 13.2 Å². The molecule has 1 aromatic carbocycles. The molecule has 2 aliphatic rings. The molecule has 5 heteroatoms. The quantitative estimate of drug-likeness (QED) is 0.821. The maximum absolute atomic E-state index is 12.0. The molecule has 0 radical (unpaired) electrons. The Hall–Kier alpha value is -1.59. The highest BCUT2D eigenvalue weighted by Crippen LogP contribution is 2.26. The molecular weight excluding hydrogens is 268 g/mol. The van der Waals surface area contributed by atoms with E-state index in [0.717, 1.165) is 56.3 Å². The lowest BCUT2D eigenvalue weighted by atomic mass is 10.1. The number of hydrogen-bond donors (Lipinski definition) is 0. The van der Waals surface area contributed by atoms with Gasteiger partial charge in [0.1, 0.15) is 12.4 Å². The fourth-order valence-corrected chi connectivity index (χ4v) is 2.82. The van der Waals surface area contributed by atoms with Crippen molar-refractivity contribution in [2.24, 2.45) is 0 Å². The van der Waals surface area contributed by atoms with E-state index in [9.17, 15) is 4.79 Å². The number of hydrogen-bond acceptors (Lipinski definition) is 4. The molecule has 1 saturated heterocycles. The zero-order chi connectivity index (χ0) is 14.7. The number of ether oxygens (including phenoxy) is 2. The van der Waals surface area contributed by atoms with Crippen molar-refractivity contribution < 1.29 is 14.3 Å². The van der Waals surface area contributed by atoms with E-state index in [1.807, 2.05) is 30.0 Å². The molecule has 3 rings (SSSR count). The Balaban J connectivity index is 1.54. The second kappa shape index (κ2) is 6.45. The first-order chi connectivity index (χ1) is 10.3. The van der Waals surface area contributed by atoms with Gasteiger partial charge in [0, 0.05) is 38.3 Å². The van der Waals surface area contributed by atoms with Crippen LogP contribution in [0.3, 0.4) is 0 Å². The van der Waals surface area contributed by atoms with Crippen LogP contribution in [0.5, 0.6) is 5.75 Å². The number of carbonyl (C=O) groups excluding carboxylic acids is 1. The van der Waals surface area contributed by atoms with Gasteiger partial charge in [-0.05, 0) is 30.7 Å². The highest BCUT2D eigenvalue weighted by atomic mass is 16.5. The number of benzene rings is 1. The van der Waals surface area contributed by atoms with Crippen LogP contribution < -0.4 is 4.74 Å². The third-order valence-electron chi connectivity index (χ3n) is 4.12. The predicted octanol–water partition coefficient (Wildman–Crippen LogP) is 1.37. The molecule has 2 aliphatic heterocycles. The van der Waals surface area contributed by atoms with Crippen molar-refractivity contribution in [2.75, 3.05) is 46.0 Å². The monoisotopic (exact) mass is 290 g/mol. The summed E-state index contributed by atoms with van der Waals surface area (Å²) in [6, 6.07) is 5.79. The van der Waals surface area contributed by atoms with E-state index >= 15 is 0 Å². The molecule has 1 amide bonds. The van der Waals surface area contributed by atoms with Crippen LogP contribution in [0.4, 0.5) is 0 Å². The minimum Gasteiger partial charge on any atom is -0.492 e. The van der Waals surface area contributed by atoms with Crippen molar-refractivity contribution in [1.29, 1.82) is 0 Å². The van der Waals surface area contributed by atoms with Gasteiger partial charge < -0.3 is 14.4 Å². The second-order valence-corrected chi connectivity index (χ2v) is 5.44. The van der Waals surface area contributed by atoms with Crippen molar-refractivity contribution in [2.45, 2.75) is 13.5 Å². The van der Waals surface area contributed by atoms with Crippen LogP contribution in [0.1, 0.15) is 22.8 Å². The third-order valence-corrected chi connectivity index (χ3v) is 4.12. The maximum Gasteiger partial charge on any atom is 0.254 e. The summed E-state index contributed by atoms with van der Waals surface area (Å²) in [5.41, 5.74) is 1.89. The van der Waals surface area contributed by atoms with Gasteiger partial charge in [-0.3, -0.25) is 9.69 Å². The molecule has 0 N–H and O–H groups in total. The fraction of sp³-hybridized carbons (Fsp3) is 0.562. The van der Waals surface area contributed by atoms with Crippen LogP contribution in [0.25, 0.3) is 0 Å². The van der Waals surface area contributed by atoms with Crippen LogP contribution in [0.15, 0.2) is 18.2 Å². The van der Waals surface area contributed by atoms with E-state index in [4.69, 9.17) is 9.47 Å². The van der Waals surface area contributed by atoms with Crippen molar-refractivity contribution in [3.8, 4) is 5.75 Å². The van der Waals surface area contributed by atoms with Crippen LogP contribution >= 0.6 is 0 Å². The molecule has 0 saturated carbocycles. The molecule has 2 heterocycles. The summed E-state index contributed by atoms with van der Waals surface area (Å²) in [6.45, 7) is 8.63. The Kier molecular flexibility index (Phi) is 4.41.